The first-order chi connectivity index (χ1) is 18.1. The van der Waals surface area contributed by atoms with E-state index in [1.165, 1.54) is 0 Å². The van der Waals surface area contributed by atoms with Crippen molar-refractivity contribution >= 4 is 11.9 Å². The predicted molar refractivity (Wildman–Crippen MR) is 137 cm³/mol. The minimum atomic E-state index is -5.06. The number of aryl methyl sites for hydroxylation is 1. The topological polar surface area (TPSA) is 59.1 Å². The molecule has 1 amide bonds. The Bertz CT molecular complexity index is 1110. The van der Waals surface area contributed by atoms with Gasteiger partial charge < -0.3 is 14.4 Å². The molecule has 2 fully saturated rings. The number of likely N-dealkylation sites (tertiary alicyclic amines) is 2. The largest absolute Gasteiger partial charge is 0.494 e. The number of carbonyl (C=O) groups excluding carboxylic acids is 2. The van der Waals surface area contributed by atoms with Crippen molar-refractivity contribution in [3.8, 4) is 5.75 Å². The number of esters is 1. The number of benzene rings is 2. The van der Waals surface area contributed by atoms with E-state index in [0.29, 0.717) is 57.6 Å². The van der Waals surface area contributed by atoms with Gasteiger partial charge in [0, 0.05) is 42.7 Å². The Morgan fingerprint density at radius 3 is 2.26 bits per heavy atom. The van der Waals surface area contributed by atoms with Crippen LogP contribution in [0.15, 0.2) is 48.5 Å². The molecule has 0 radical (unpaired) electrons. The van der Waals surface area contributed by atoms with Gasteiger partial charge in [-0.15, -0.1) is 0 Å². The van der Waals surface area contributed by atoms with Gasteiger partial charge in [-0.2, -0.15) is 13.2 Å². The second kappa shape index (κ2) is 11.8. The highest BCUT2D eigenvalue weighted by molar-refractivity contribution is 5.94. The van der Waals surface area contributed by atoms with Crippen LogP contribution in [0.5, 0.6) is 5.75 Å². The van der Waals surface area contributed by atoms with Gasteiger partial charge in [0.15, 0.2) is 0 Å². The van der Waals surface area contributed by atoms with Crippen molar-refractivity contribution in [2.24, 2.45) is 5.41 Å². The Balaban J connectivity index is 1.47. The molecular weight excluding hydrogens is 497 g/mol. The smallest absolute Gasteiger partial charge is 0.490 e. The minimum Gasteiger partial charge on any atom is -0.494 e. The van der Waals surface area contributed by atoms with Crippen LogP contribution < -0.4 is 4.74 Å². The number of alkyl halides is 3. The van der Waals surface area contributed by atoms with Crippen LogP contribution in [0.25, 0.3) is 0 Å². The van der Waals surface area contributed by atoms with Crippen LogP contribution in [-0.2, 0) is 22.5 Å². The molecule has 6 nitrogen and oxygen atoms in total. The molecule has 2 aliphatic rings. The molecule has 9 heteroatoms. The lowest BCUT2D eigenvalue weighted by atomic mass is 9.69. The molecule has 0 aromatic heterocycles. The number of amides is 1. The third-order valence-electron chi connectivity index (χ3n) is 7.84. The van der Waals surface area contributed by atoms with E-state index in [9.17, 15) is 22.8 Å². The summed E-state index contributed by atoms with van der Waals surface area (Å²) in [4.78, 5) is 28.8. The van der Waals surface area contributed by atoms with Crippen molar-refractivity contribution in [1.82, 2.24) is 9.80 Å². The van der Waals surface area contributed by atoms with E-state index in [-0.39, 0.29) is 12.5 Å². The van der Waals surface area contributed by atoms with Crippen molar-refractivity contribution in [1.29, 1.82) is 0 Å². The summed E-state index contributed by atoms with van der Waals surface area (Å²) in [5, 5.41) is 0. The first kappa shape index (κ1) is 28.0. The first-order valence-corrected chi connectivity index (χ1v) is 13.2. The van der Waals surface area contributed by atoms with Gasteiger partial charge in [-0.3, -0.25) is 9.69 Å². The molecule has 2 aliphatic heterocycles. The van der Waals surface area contributed by atoms with E-state index in [4.69, 9.17) is 9.47 Å². The van der Waals surface area contributed by atoms with E-state index in [1.807, 2.05) is 67.3 Å². The van der Waals surface area contributed by atoms with Gasteiger partial charge in [-0.25, -0.2) is 4.79 Å². The summed E-state index contributed by atoms with van der Waals surface area (Å²) >= 11 is 0. The molecule has 1 spiro atoms. The van der Waals surface area contributed by atoms with E-state index >= 15 is 0 Å². The maximum atomic E-state index is 13.2. The number of nitrogens with zero attached hydrogens (tertiary/aromatic N) is 2. The lowest BCUT2D eigenvalue weighted by Crippen LogP contribution is -2.57. The zero-order chi connectivity index (χ0) is 27.3. The molecule has 2 aromatic rings. The zero-order valence-corrected chi connectivity index (χ0v) is 21.9. The Morgan fingerprint density at radius 2 is 1.63 bits per heavy atom. The first-order valence-electron chi connectivity index (χ1n) is 13.2. The van der Waals surface area contributed by atoms with Crippen LogP contribution in [-0.4, -0.2) is 66.7 Å². The molecule has 206 valence electrons. The SMILES string of the molecule is CCOc1ccccc1CN1CCC2(CCN(C(=O)c3ccc(CC)cc3)CC2)C(OC(=O)C(F)(F)F)C1. The maximum Gasteiger partial charge on any atom is 0.490 e. The summed E-state index contributed by atoms with van der Waals surface area (Å²) in [6, 6.07) is 15.1. The van der Waals surface area contributed by atoms with Gasteiger partial charge >= 0.3 is 12.1 Å². The summed E-state index contributed by atoms with van der Waals surface area (Å²) in [7, 11) is 0. The highest BCUT2D eigenvalue weighted by Gasteiger charge is 2.51. The second-order valence-corrected chi connectivity index (χ2v) is 10.1. The van der Waals surface area contributed by atoms with Crippen molar-refractivity contribution in [2.45, 2.75) is 58.4 Å². The van der Waals surface area contributed by atoms with Gasteiger partial charge in [-0.1, -0.05) is 37.3 Å². The molecule has 1 unspecified atom stereocenters. The zero-order valence-electron chi connectivity index (χ0n) is 21.9. The Morgan fingerprint density at radius 1 is 0.974 bits per heavy atom. The van der Waals surface area contributed by atoms with Gasteiger partial charge in [0.25, 0.3) is 5.91 Å². The van der Waals surface area contributed by atoms with Crippen LogP contribution in [0.3, 0.4) is 0 Å². The normalized spacial score (nSPS) is 19.8. The fraction of sp³-hybridized carbons (Fsp3) is 0.517. The third-order valence-corrected chi connectivity index (χ3v) is 7.84. The summed E-state index contributed by atoms with van der Waals surface area (Å²) in [5.41, 5.74) is 2.06. The lowest BCUT2D eigenvalue weighted by Gasteiger charge is -2.51. The maximum absolute atomic E-state index is 13.2. The second-order valence-electron chi connectivity index (χ2n) is 10.1. The molecule has 2 saturated heterocycles. The van der Waals surface area contributed by atoms with E-state index in [0.717, 1.165) is 23.3 Å². The number of hydrogen-bond acceptors (Lipinski definition) is 5. The minimum absolute atomic E-state index is 0.0868. The number of para-hydroxylation sites is 1. The van der Waals surface area contributed by atoms with E-state index in [1.54, 1.807) is 4.90 Å². The molecule has 38 heavy (non-hydrogen) atoms. The number of piperidine rings is 2. The highest BCUT2D eigenvalue weighted by Crippen LogP contribution is 2.44. The number of rotatable bonds is 7. The van der Waals surface area contributed by atoms with Crippen LogP contribution >= 0.6 is 0 Å². The molecular formula is C29H35F3N2O4. The van der Waals surface area contributed by atoms with Crippen LogP contribution in [0.4, 0.5) is 13.2 Å². The fourth-order valence-corrected chi connectivity index (χ4v) is 5.53. The van der Waals surface area contributed by atoms with Crippen LogP contribution in [0.1, 0.15) is 54.6 Å². The highest BCUT2D eigenvalue weighted by atomic mass is 19.4. The van der Waals surface area contributed by atoms with Gasteiger partial charge in [0.2, 0.25) is 0 Å². The quantitative estimate of drug-likeness (QED) is 0.456. The lowest BCUT2D eigenvalue weighted by molar-refractivity contribution is -0.216. The molecule has 2 heterocycles. The van der Waals surface area contributed by atoms with Gasteiger partial charge in [-0.05, 0) is 62.9 Å². The van der Waals surface area contributed by atoms with Gasteiger partial charge in [0.1, 0.15) is 11.9 Å². The standard InChI is InChI=1S/C29H35F3N2O4/c1-3-21-9-11-22(12-10-21)26(35)34-17-14-28(15-18-34)13-16-33(20-25(28)38-27(36)29(30,31)32)19-23-7-5-6-8-24(23)37-4-2/h5-12,25H,3-4,13-20H2,1-2H3. The van der Waals surface area contributed by atoms with E-state index < -0.39 is 23.7 Å². The third kappa shape index (κ3) is 6.31. The number of ether oxygens (including phenoxy) is 2. The predicted octanol–water partition coefficient (Wildman–Crippen LogP) is 5.25. The summed E-state index contributed by atoms with van der Waals surface area (Å²) in [6.07, 6.45) is -3.58. The molecule has 0 N–H and O–H groups in total. The Hall–Kier alpha value is -3.07. The van der Waals surface area contributed by atoms with Crippen molar-refractivity contribution in [3.63, 3.8) is 0 Å². The number of halogens is 3. The van der Waals surface area contributed by atoms with Crippen LogP contribution in [0, 0.1) is 5.41 Å². The molecule has 0 bridgehead atoms. The summed E-state index contributed by atoms with van der Waals surface area (Å²) in [6.45, 7) is 6.57. The van der Waals surface area contributed by atoms with Crippen molar-refractivity contribution in [2.75, 3.05) is 32.8 Å². The Kier molecular flexibility index (Phi) is 8.65. The van der Waals surface area contributed by atoms with Crippen molar-refractivity contribution in [3.05, 3.63) is 65.2 Å². The molecule has 1 atom stereocenters. The number of hydrogen-bond donors (Lipinski definition) is 0. The average molecular weight is 533 g/mol. The molecule has 0 saturated carbocycles. The van der Waals surface area contributed by atoms with Crippen LogP contribution in [0.2, 0.25) is 0 Å². The van der Waals surface area contributed by atoms with E-state index in [2.05, 4.69) is 0 Å². The molecule has 2 aromatic carbocycles. The molecule has 0 aliphatic carbocycles. The van der Waals surface area contributed by atoms with Crippen molar-refractivity contribution < 1.29 is 32.2 Å². The van der Waals surface area contributed by atoms with Gasteiger partial charge in [0.05, 0.1) is 6.61 Å². The Labute approximate surface area is 221 Å². The summed E-state index contributed by atoms with van der Waals surface area (Å²) < 4.78 is 50.5. The number of carbonyl (C=O) groups is 2. The summed E-state index contributed by atoms with van der Waals surface area (Å²) in [5.74, 6) is -1.51. The fourth-order valence-electron chi connectivity index (χ4n) is 5.53. The molecule has 4 rings (SSSR count). The monoisotopic (exact) mass is 532 g/mol. The average Bonchev–Trinajstić information content (AvgIpc) is 2.91.